The van der Waals surface area contributed by atoms with Crippen LogP contribution < -0.4 is 4.74 Å². The van der Waals surface area contributed by atoms with Gasteiger partial charge in [0.15, 0.2) is 0 Å². The summed E-state index contributed by atoms with van der Waals surface area (Å²) in [5.41, 5.74) is 2.77. The monoisotopic (exact) mass is 506 g/mol. The van der Waals surface area contributed by atoms with Crippen LogP contribution in [0.15, 0.2) is 83.9 Å². The van der Waals surface area contributed by atoms with Gasteiger partial charge < -0.3 is 9.30 Å². The van der Waals surface area contributed by atoms with Crippen LogP contribution in [0.4, 0.5) is 9.18 Å². The molecule has 1 aromatic heterocycles. The van der Waals surface area contributed by atoms with Gasteiger partial charge >= 0.3 is 0 Å². The first-order valence-electron chi connectivity index (χ1n) is 10.9. The first kappa shape index (κ1) is 23.2. The van der Waals surface area contributed by atoms with E-state index < -0.39 is 0 Å². The quantitative estimate of drug-likeness (QED) is 0.265. The van der Waals surface area contributed by atoms with Gasteiger partial charge in [-0.3, -0.25) is 14.5 Å². The minimum atomic E-state index is -0.349. The number of para-hydroxylation sites is 2. The van der Waals surface area contributed by atoms with Gasteiger partial charge in [0, 0.05) is 29.2 Å². The van der Waals surface area contributed by atoms with Crippen LogP contribution in [0.5, 0.6) is 5.75 Å². The lowest BCUT2D eigenvalue weighted by Crippen LogP contribution is -2.32. The van der Waals surface area contributed by atoms with Gasteiger partial charge in [0.05, 0.1) is 16.5 Å². The molecule has 2 heterocycles. The van der Waals surface area contributed by atoms with Crippen LogP contribution in [0.25, 0.3) is 17.0 Å². The van der Waals surface area contributed by atoms with Crippen molar-refractivity contribution in [2.45, 2.75) is 6.54 Å². The first-order valence-corrected chi connectivity index (χ1v) is 12.1. The van der Waals surface area contributed by atoms with Gasteiger partial charge in [0.1, 0.15) is 18.2 Å². The molecule has 0 N–H and O–H groups in total. The highest BCUT2D eigenvalue weighted by atomic mass is 35.5. The molecule has 5 rings (SSSR count). The van der Waals surface area contributed by atoms with E-state index in [0.717, 1.165) is 33.8 Å². The fourth-order valence-corrected chi connectivity index (χ4v) is 5.00. The van der Waals surface area contributed by atoms with Crippen LogP contribution in [0, 0.1) is 5.82 Å². The highest BCUT2D eigenvalue weighted by molar-refractivity contribution is 8.18. The number of nitrogens with zero attached hydrogens (tertiary/aromatic N) is 2. The fourth-order valence-electron chi connectivity index (χ4n) is 3.95. The van der Waals surface area contributed by atoms with Crippen LogP contribution in [0.1, 0.15) is 11.1 Å². The maximum Gasteiger partial charge on any atom is 0.293 e. The molecular weight excluding hydrogens is 487 g/mol. The normalized spacial score (nSPS) is 14.9. The zero-order chi connectivity index (χ0) is 24.4. The predicted octanol–water partition coefficient (Wildman–Crippen LogP) is 6.60. The lowest BCUT2D eigenvalue weighted by atomic mass is 10.1. The number of carbonyl (C=O) groups is 2. The summed E-state index contributed by atoms with van der Waals surface area (Å²) in [7, 11) is 0. The molecular formula is C27H20ClFN2O3S. The van der Waals surface area contributed by atoms with Gasteiger partial charge in [-0.1, -0.05) is 54.1 Å². The minimum absolute atomic E-state index is 0.125. The molecule has 0 unspecified atom stereocenters. The summed E-state index contributed by atoms with van der Waals surface area (Å²) in [6.45, 7) is 0.821. The van der Waals surface area contributed by atoms with Gasteiger partial charge in [0.25, 0.3) is 11.1 Å². The Morgan fingerprint density at radius 1 is 0.971 bits per heavy atom. The number of imide groups is 1. The molecule has 1 fully saturated rings. The van der Waals surface area contributed by atoms with E-state index in [4.69, 9.17) is 16.3 Å². The zero-order valence-electron chi connectivity index (χ0n) is 18.5. The maximum atomic E-state index is 13.3. The Morgan fingerprint density at radius 2 is 1.71 bits per heavy atom. The number of amides is 2. The summed E-state index contributed by atoms with van der Waals surface area (Å²) < 4.78 is 21.0. The Hall–Kier alpha value is -3.55. The molecule has 1 aliphatic rings. The number of hydrogen-bond donors (Lipinski definition) is 0. The summed E-state index contributed by atoms with van der Waals surface area (Å²) in [5, 5.41) is 1.10. The van der Waals surface area contributed by atoms with Crippen LogP contribution in [-0.4, -0.2) is 33.8 Å². The van der Waals surface area contributed by atoms with E-state index in [1.54, 1.807) is 42.5 Å². The molecule has 1 saturated heterocycles. The van der Waals surface area contributed by atoms with Crippen molar-refractivity contribution in [1.82, 2.24) is 9.47 Å². The van der Waals surface area contributed by atoms with E-state index in [2.05, 4.69) is 4.57 Å². The Bertz CT molecular complexity index is 1450. The molecule has 2 amide bonds. The lowest BCUT2D eigenvalue weighted by molar-refractivity contribution is -0.123. The van der Waals surface area contributed by atoms with Crippen molar-refractivity contribution in [1.29, 1.82) is 0 Å². The summed E-state index contributed by atoms with van der Waals surface area (Å²) in [6.07, 6.45) is 3.70. The van der Waals surface area contributed by atoms with Gasteiger partial charge in [-0.15, -0.1) is 0 Å². The number of rotatable bonds is 7. The molecule has 0 radical (unpaired) electrons. The van der Waals surface area contributed by atoms with Crippen LogP contribution in [0.2, 0.25) is 5.02 Å². The summed E-state index contributed by atoms with van der Waals surface area (Å²) in [4.78, 5) is 27.1. The molecule has 35 heavy (non-hydrogen) atoms. The highest BCUT2D eigenvalue weighted by Gasteiger charge is 2.35. The Kier molecular flexibility index (Phi) is 6.61. The number of fused-ring (bicyclic) bond motifs is 1. The number of halogens is 2. The molecule has 0 spiro atoms. The van der Waals surface area contributed by atoms with E-state index in [-0.39, 0.29) is 30.1 Å². The minimum Gasteiger partial charge on any atom is -0.490 e. The molecule has 1 aliphatic heterocycles. The Balaban J connectivity index is 1.35. The Morgan fingerprint density at radius 3 is 2.51 bits per heavy atom. The molecule has 176 valence electrons. The zero-order valence-corrected chi connectivity index (χ0v) is 20.1. The van der Waals surface area contributed by atoms with E-state index in [9.17, 15) is 14.0 Å². The number of carbonyl (C=O) groups excluding carboxylic acids is 2. The lowest BCUT2D eigenvalue weighted by Gasteiger charge is -2.13. The van der Waals surface area contributed by atoms with Crippen molar-refractivity contribution < 1.29 is 18.7 Å². The van der Waals surface area contributed by atoms with Crippen molar-refractivity contribution in [3.05, 3.63) is 106 Å². The molecule has 4 aromatic rings. The average Bonchev–Trinajstić information content (AvgIpc) is 3.33. The van der Waals surface area contributed by atoms with E-state index >= 15 is 0 Å². The molecule has 3 aromatic carbocycles. The van der Waals surface area contributed by atoms with Gasteiger partial charge in [0.2, 0.25) is 0 Å². The second-order valence-corrected chi connectivity index (χ2v) is 9.37. The number of aromatic nitrogens is 1. The summed E-state index contributed by atoms with van der Waals surface area (Å²) >= 11 is 7.01. The van der Waals surface area contributed by atoms with Gasteiger partial charge in [-0.05, 0) is 53.7 Å². The highest BCUT2D eigenvalue weighted by Crippen LogP contribution is 2.34. The summed E-state index contributed by atoms with van der Waals surface area (Å²) in [5.74, 6) is -0.122. The van der Waals surface area contributed by atoms with Crippen molar-refractivity contribution in [3.63, 3.8) is 0 Å². The third kappa shape index (κ3) is 4.97. The number of thioether (sulfide) groups is 1. The van der Waals surface area contributed by atoms with Crippen LogP contribution >= 0.6 is 23.4 Å². The predicted molar refractivity (Wildman–Crippen MR) is 137 cm³/mol. The van der Waals surface area contributed by atoms with E-state index in [1.165, 1.54) is 17.0 Å². The smallest absolute Gasteiger partial charge is 0.293 e. The molecule has 0 saturated carbocycles. The third-order valence-corrected chi connectivity index (χ3v) is 6.87. The molecule has 5 nitrogen and oxygen atoms in total. The molecule has 0 aliphatic carbocycles. The van der Waals surface area contributed by atoms with Crippen molar-refractivity contribution in [3.8, 4) is 5.75 Å². The first-order chi connectivity index (χ1) is 17.0. The fraction of sp³-hybridized carbons (Fsp3) is 0.111. The average molecular weight is 507 g/mol. The second-order valence-electron chi connectivity index (χ2n) is 7.97. The van der Waals surface area contributed by atoms with Crippen molar-refractivity contribution in [2.24, 2.45) is 0 Å². The standard InChI is InChI=1S/C27H20ClFN2O3S/c28-22-6-2-4-8-24(22)34-14-13-31-26(32)25(35-27(31)33)15-19-17-30(23-7-3-1-5-21(19)23)16-18-9-11-20(29)12-10-18/h1-12,15,17H,13-14,16H2/b25-15-. The molecule has 0 bridgehead atoms. The van der Waals surface area contributed by atoms with E-state index in [1.807, 2.05) is 30.5 Å². The summed E-state index contributed by atoms with van der Waals surface area (Å²) in [6, 6.07) is 21.3. The van der Waals surface area contributed by atoms with Crippen LogP contribution in [-0.2, 0) is 11.3 Å². The Labute approximate surface area is 210 Å². The molecule has 0 atom stereocenters. The number of hydrogen-bond acceptors (Lipinski definition) is 4. The SMILES string of the molecule is O=C1S/C(=C\c2cn(Cc3ccc(F)cc3)c3ccccc23)C(=O)N1CCOc1ccccc1Cl. The van der Waals surface area contributed by atoms with Crippen molar-refractivity contribution in [2.75, 3.05) is 13.2 Å². The van der Waals surface area contributed by atoms with Crippen molar-refractivity contribution >= 4 is 51.5 Å². The topological polar surface area (TPSA) is 51.5 Å². The second kappa shape index (κ2) is 9.98. The third-order valence-electron chi connectivity index (χ3n) is 5.65. The van der Waals surface area contributed by atoms with Crippen LogP contribution in [0.3, 0.4) is 0 Å². The number of ether oxygens (including phenoxy) is 1. The molecule has 8 heteroatoms. The van der Waals surface area contributed by atoms with E-state index in [0.29, 0.717) is 22.2 Å². The maximum absolute atomic E-state index is 13.3. The van der Waals surface area contributed by atoms with Gasteiger partial charge in [-0.25, -0.2) is 4.39 Å². The number of benzene rings is 3. The van der Waals surface area contributed by atoms with Gasteiger partial charge in [-0.2, -0.15) is 0 Å². The largest absolute Gasteiger partial charge is 0.490 e.